The number of carbonyl (C=O) groups is 1. The van der Waals surface area contributed by atoms with E-state index in [0.717, 1.165) is 10.8 Å². The number of pyridine rings is 1. The van der Waals surface area contributed by atoms with E-state index in [2.05, 4.69) is 9.72 Å². The summed E-state index contributed by atoms with van der Waals surface area (Å²) in [5.41, 5.74) is 0.561. The van der Waals surface area contributed by atoms with Crippen LogP contribution in [-0.2, 0) is 4.74 Å². The lowest BCUT2D eigenvalue weighted by molar-refractivity contribution is -0.376. The van der Waals surface area contributed by atoms with E-state index < -0.39 is 0 Å². The minimum Gasteiger partial charge on any atom is -0.465 e. The number of nitrogens with one attached hydrogen (secondary N) is 1. The number of fused-ring (bicyclic) bond motifs is 1. The molecule has 0 amide bonds. The van der Waals surface area contributed by atoms with Gasteiger partial charge in [-0.3, -0.25) is 0 Å². The molecule has 0 fully saturated rings. The minimum absolute atomic E-state index is 0.321. The van der Waals surface area contributed by atoms with Gasteiger partial charge < -0.3 is 4.74 Å². The Bertz CT molecular complexity index is 474. The third-order valence-corrected chi connectivity index (χ3v) is 2.12. The van der Waals surface area contributed by atoms with Crippen LogP contribution in [0, 0.1) is 0 Å². The molecule has 0 saturated heterocycles. The maximum atomic E-state index is 11.4. The monoisotopic (exact) mass is 188 g/mol. The van der Waals surface area contributed by atoms with Gasteiger partial charge in [0.05, 0.1) is 7.11 Å². The standard InChI is InChI=1S/C11H9NO2/c1-14-11(13)10-7-12-6-8-4-2-3-5-9(8)10/h2-7H,1H3/p+1. The third kappa shape index (κ3) is 1.33. The average molecular weight is 188 g/mol. The van der Waals surface area contributed by atoms with Crippen molar-refractivity contribution in [2.24, 2.45) is 0 Å². The quantitative estimate of drug-likeness (QED) is 0.635. The maximum absolute atomic E-state index is 11.4. The van der Waals surface area contributed by atoms with Crippen LogP contribution in [0.15, 0.2) is 36.7 Å². The number of H-pyrrole nitrogens is 1. The summed E-state index contributed by atoms with van der Waals surface area (Å²) in [6.07, 6.45) is 3.50. The Kier molecular flexibility index (Phi) is 2.14. The molecule has 70 valence electrons. The Morgan fingerprint density at radius 2 is 2.07 bits per heavy atom. The van der Waals surface area contributed by atoms with Crippen LogP contribution in [0.5, 0.6) is 0 Å². The lowest BCUT2D eigenvalue weighted by Crippen LogP contribution is -2.09. The van der Waals surface area contributed by atoms with E-state index in [1.54, 1.807) is 6.20 Å². The van der Waals surface area contributed by atoms with Gasteiger partial charge in [-0.2, -0.15) is 0 Å². The Morgan fingerprint density at radius 1 is 1.29 bits per heavy atom. The normalized spacial score (nSPS) is 10.1. The van der Waals surface area contributed by atoms with Crippen molar-refractivity contribution in [1.29, 1.82) is 0 Å². The molecule has 2 aromatic rings. The highest BCUT2D eigenvalue weighted by molar-refractivity contribution is 6.03. The zero-order valence-electron chi connectivity index (χ0n) is 7.78. The molecule has 0 radical (unpaired) electrons. The lowest BCUT2D eigenvalue weighted by Gasteiger charge is -1.99. The number of benzene rings is 1. The minimum atomic E-state index is -0.321. The van der Waals surface area contributed by atoms with Crippen molar-refractivity contribution >= 4 is 16.7 Å². The van der Waals surface area contributed by atoms with E-state index in [1.807, 2.05) is 30.5 Å². The molecule has 2 rings (SSSR count). The number of hydrogen-bond donors (Lipinski definition) is 0. The highest BCUT2D eigenvalue weighted by atomic mass is 16.5. The van der Waals surface area contributed by atoms with Gasteiger partial charge in [0.15, 0.2) is 12.4 Å². The van der Waals surface area contributed by atoms with Crippen molar-refractivity contribution in [1.82, 2.24) is 0 Å². The first kappa shape index (κ1) is 8.69. The average Bonchev–Trinajstić information content (AvgIpc) is 2.27. The zero-order chi connectivity index (χ0) is 9.97. The van der Waals surface area contributed by atoms with Crippen LogP contribution in [0.1, 0.15) is 10.4 Å². The summed E-state index contributed by atoms with van der Waals surface area (Å²) in [7, 11) is 1.38. The van der Waals surface area contributed by atoms with Gasteiger partial charge in [0.25, 0.3) is 0 Å². The summed E-state index contributed by atoms with van der Waals surface area (Å²) in [6.45, 7) is 0. The van der Waals surface area contributed by atoms with Crippen LogP contribution in [0.25, 0.3) is 10.8 Å². The van der Waals surface area contributed by atoms with Crippen LogP contribution in [0.2, 0.25) is 0 Å². The summed E-state index contributed by atoms with van der Waals surface area (Å²) in [6, 6.07) is 7.67. The first-order valence-electron chi connectivity index (χ1n) is 4.30. The number of aromatic nitrogens is 1. The molecule has 0 aliphatic rings. The Balaban J connectivity index is 2.71. The smallest absolute Gasteiger partial charge is 0.344 e. The van der Waals surface area contributed by atoms with Crippen molar-refractivity contribution in [3.8, 4) is 0 Å². The van der Waals surface area contributed by atoms with E-state index in [0.29, 0.717) is 5.56 Å². The predicted molar refractivity (Wildman–Crippen MR) is 51.8 cm³/mol. The van der Waals surface area contributed by atoms with Crippen molar-refractivity contribution < 1.29 is 14.5 Å². The predicted octanol–water partition coefficient (Wildman–Crippen LogP) is 1.44. The highest BCUT2D eigenvalue weighted by Gasteiger charge is 2.12. The van der Waals surface area contributed by atoms with Gasteiger partial charge in [-0.15, -0.1) is 0 Å². The van der Waals surface area contributed by atoms with Crippen molar-refractivity contribution in [3.63, 3.8) is 0 Å². The number of ether oxygens (including phenoxy) is 1. The molecule has 3 nitrogen and oxygen atoms in total. The molecule has 0 saturated carbocycles. The maximum Gasteiger partial charge on any atom is 0.344 e. The molecule has 14 heavy (non-hydrogen) atoms. The number of esters is 1. The van der Waals surface area contributed by atoms with E-state index in [-0.39, 0.29) is 5.97 Å². The van der Waals surface area contributed by atoms with Crippen molar-refractivity contribution in [3.05, 3.63) is 42.2 Å². The summed E-state index contributed by atoms with van der Waals surface area (Å²) in [5.74, 6) is -0.321. The fourth-order valence-corrected chi connectivity index (χ4v) is 1.44. The fraction of sp³-hybridized carbons (Fsp3) is 0.0909. The Hall–Kier alpha value is -1.90. The molecule has 1 N–H and O–H groups in total. The van der Waals surface area contributed by atoms with Crippen molar-refractivity contribution in [2.45, 2.75) is 0 Å². The third-order valence-electron chi connectivity index (χ3n) is 2.12. The van der Waals surface area contributed by atoms with Gasteiger partial charge >= 0.3 is 5.97 Å². The molecule has 0 atom stereocenters. The molecule has 1 heterocycles. The second kappa shape index (κ2) is 3.46. The van der Waals surface area contributed by atoms with Gasteiger partial charge in [-0.1, -0.05) is 18.2 Å². The second-order valence-corrected chi connectivity index (χ2v) is 2.95. The lowest BCUT2D eigenvalue weighted by atomic mass is 10.1. The number of methoxy groups -OCH3 is 1. The van der Waals surface area contributed by atoms with Crippen LogP contribution in [0.3, 0.4) is 0 Å². The van der Waals surface area contributed by atoms with Crippen LogP contribution < -0.4 is 4.98 Å². The van der Waals surface area contributed by atoms with Crippen LogP contribution >= 0.6 is 0 Å². The molecule has 1 aromatic heterocycles. The first-order chi connectivity index (χ1) is 6.83. The summed E-state index contributed by atoms with van der Waals surface area (Å²) >= 11 is 0. The molecule has 0 unspecified atom stereocenters. The Labute approximate surface area is 81.3 Å². The Morgan fingerprint density at radius 3 is 2.86 bits per heavy atom. The van der Waals surface area contributed by atoms with Gasteiger partial charge in [-0.25, -0.2) is 9.78 Å². The molecule has 0 spiro atoms. The van der Waals surface area contributed by atoms with E-state index in [4.69, 9.17) is 0 Å². The number of aromatic amines is 1. The highest BCUT2D eigenvalue weighted by Crippen LogP contribution is 2.15. The summed E-state index contributed by atoms with van der Waals surface area (Å²) < 4.78 is 4.69. The van der Waals surface area contributed by atoms with E-state index >= 15 is 0 Å². The van der Waals surface area contributed by atoms with E-state index in [1.165, 1.54) is 7.11 Å². The molecular weight excluding hydrogens is 178 g/mol. The first-order valence-corrected chi connectivity index (χ1v) is 4.30. The van der Waals surface area contributed by atoms with Gasteiger partial charge in [0, 0.05) is 10.8 Å². The zero-order valence-corrected chi connectivity index (χ0v) is 7.78. The molecule has 3 heteroatoms. The molecule has 0 aliphatic carbocycles. The number of rotatable bonds is 1. The second-order valence-electron chi connectivity index (χ2n) is 2.95. The molecular formula is C11H10NO2+. The molecule has 1 aromatic carbocycles. The number of carbonyl (C=O) groups excluding carboxylic acids is 1. The van der Waals surface area contributed by atoms with Crippen molar-refractivity contribution in [2.75, 3.05) is 7.11 Å². The van der Waals surface area contributed by atoms with Gasteiger partial charge in [0.1, 0.15) is 5.56 Å². The molecule has 0 bridgehead atoms. The SMILES string of the molecule is COC(=O)c1c[nH+]cc2ccccc12. The number of hydrogen-bond acceptors (Lipinski definition) is 2. The van der Waals surface area contributed by atoms with Crippen LogP contribution in [-0.4, -0.2) is 13.1 Å². The molecule has 0 aliphatic heterocycles. The topological polar surface area (TPSA) is 40.4 Å². The van der Waals surface area contributed by atoms with Gasteiger partial charge in [0.2, 0.25) is 0 Å². The summed E-state index contributed by atoms with van der Waals surface area (Å²) in [5, 5.41) is 1.90. The summed E-state index contributed by atoms with van der Waals surface area (Å²) in [4.78, 5) is 14.3. The largest absolute Gasteiger partial charge is 0.465 e. The van der Waals surface area contributed by atoms with Gasteiger partial charge in [-0.05, 0) is 6.07 Å². The van der Waals surface area contributed by atoms with Crippen LogP contribution in [0.4, 0.5) is 0 Å². The fourth-order valence-electron chi connectivity index (χ4n) is 1.44. The van der Waals surface area contributed by atoms with E-state index in [9.17, 15) is 4.79 Å².